The van der Waals surface area contributed by atoms with Gasteiger partial charge in [-0.05, 0) is 70.8 Å². The van der Waals surface area contributed by atoms with Crippen molar-refractivity contribution in [1.82, 2.24) is 9.13 Å². The highest BCUT2D eigenvalue weighted by Crippen LogP contribution is 2.43. The van der Waals surface area contributed by atoms with Crippen molar-refractivity contribution in [2.24, 2.45) is 0 Å². The predicted molar refractivity (Wildman–Crippen MR) is 168 cm³/mol. The Morgan fingerprint density at radius 1 is 0.300 bits per heavy atom. The molecule has 0 N–H and O–H groups in total. The number of para-hydroxylation sites is 2. The molecule has 6 aromatic carbocycles. The maximum atomic E-state index is 2.44. The standard InChI is InChI=1S/C38H26N2/c1-5-13-27(14-6-1)29-21-23-35-33(25-29)37-38(39(35)31-17-9-3-10-18-31)34-26-30(28-15-7-2-8-16-28)22-24-36(34)40(37)32-19-11-4-12-20-32/h1-26H. The minimum Gasteiger partial charge on any atom is -0.307 e. The molecule has 40 heavy (non-hydrogen) atoms. The van der Waals surface area contributed by atoms with Gasteiger partial charge >= 0.3 is 0 Å². The number of fused-ring (bicyclic) bond motifs is 5. The molecule has 2 nitrogen and oxygen atoms in total. The monoisotopic (exact) mass is 510 g/mol. The third-order valence-corrected chi connectivity index (χ3v) is 7.90. The number of hydrogen-bond donors (Lipinski definition) is 0. The third-order valence-electron chi connectivity index (χ3n) is 7.90. The van der Waals surface area contributed by atoms with Crippen molar-refractivity contribution in [3.05, 3.63) is 158 Å². The topological polar surface area (TPSA) is 9.86 Å². The van der Waals surface area contributed by atoms with Crippen LogP contribution in [0.4, 0.5) is 0 Å². The summed E-state index contributed by atoms with van der Waals surface area (Å²) < 4.78 is 4.88. The van der Waals surface area contributed by atoms with E-state index in [9.17, 15) is 0 Å². The summed E-state index contributed by atoms with van der Waals surface area (Å²) >= 11 is 0. The highest BCUT2D eigenvalue weighted by molar-refractivity contribution is 6.21. The molecule has 0 aliphatic heterocycles. The van der Waals surface area contributed by atoms with Crippen molar-refractivity contribution in [1.29, 1.82) is 0 Å². The minimum atomic E-state index is 1.16. The van der Waals surface area contributed by atoms with Gasteiger partial charge in [0, 0.05) is 22.1 Å². The van der Waals surface area contributed by atoms with Crippen molar-refractivity contribution in [3.63, 3.8) is 0 Å². The Bertz CT molecular complexity index is 1960. The molecular formula is C38H26N2. The first kappa shape index (κ1) is 22.6. The van der Waals surface area contributed by atoms with E-state index < -0.39 is 0 Å². The Labute approximate surface area is 233 Å². The van der Waals surface area contributed by atoms with E-state index in [1.807, 2.05) is 0 Å². The Morgan fingerprint density at radius 2 is 0.650 bits per heavy atom. The lowest BCUT2D eigenvalue weighted by Crippen LogP contribution is -1.94. The molecule has 0 aliphatic rings. The van der Waals surface area contributed by atoms with Gasteiger partial charge in [-0.1, -0.05) is 109 Å². The fourth-order valence-electron chi connectivity index (χ4n) is 6.10. The number of nitrogens with zero attached hydrogens (tertiary/aromatic N) is 2. The maximum Gasteiger partial charge on any atom is 0.0804 e. The first-order valence-corrected chi connectivity index (χ1v) is 13.7. The van der Waals surface area contributed by atoms with Crippen LogP contribution in [0.5, 0.6) is 0 Å². The zero-order valence-electron chi connectivity index (χ0n) is 21.9. The molecule has 0 atom stereocenters. The molecule has 8 aromatic rings. The maximum absolute atomic E-state index is 2.44. The highest BCUT2D eigenvalue weighted by atomic mass is 15.1. The smallest absolute Gasteiger partial charge is 0.0804 e. The summed E-state index contributed by atoms with van der Waals surface area (Å²) in [7, 11) is 0. The molecular weight excluding hydrogens is 484 g/mol. The van der Waals surface area contributed by atoms with E-state index >= 15 is 0 Å². The van der Waals surface area contributed by atoms with Crippen LogP contribution in [0.3, 0.4) is 0 Å². The zero-order valence-corrected chi connectivity index (χ0v) is 21.9. The van der Waals surface area contributed by atoms with E-state index in [1.54, 1.807) is 0 Å². The Hall–Kier alpha value is -5.34. The summed E-state index contributed by atoms with van der Waals surface area (Å²) in [5.41, 5.74) is 12.0. The fraction of sp³-hybridized carbons (Fsp3) is 0. The quantitative estimate of drug-likeness (QED) is 0.223. The summed E-state index contributed by atoms with van der Waals surface area (Å²) in [6, 6.07) is 56.6. The molecule has 0 fully saturated rings. The number of rotatable bonds is 4. The van der Waals surface area contributed by atoms with Crippen LogP contribution in [0.25, 0.3) is 66.5 Å². The molecule has 2 aromatic heterocycles. The second-order valence-electron chi connectivity index (χ2n) is 10.2. The minimum absolute atomic E-state index is 1.16. The van der Waals surface area contributed by atoms with Gasteiger partial charge in [0.05, 0.1) is 22.1 Å². The lowest BCUT2D eigenvalue weighted by atomic mass is 10.0. The van der Waals surface area contributed by atoms with Gasteiger partial charge < -0.3 is 9.13 Å². The normalized spacial score (nSPS) is 11.5. The van der Waals surface area contributed by atoms with E-state index in [1.165, 1.54) is 55.1 Å². The van der Waals surface area contributed by atoms with Crippen LogP contribution in [0.15, 0.2) is 158 Å². The average molecular weight is 511 g/mol. The summed E-state index contributed by atoms with van der Waals surface area (Å²) in [6.45, 7) is 0. The largest absolute Gasteiger partial charge is 0.307 e. The van der Waals surface area contributed by atoms with Crippen LogP contribution in [0.2, 0.25) is 0 Å². The molecule has 8 rings (SSSR count). The van der Waals surface area contributed by atoms with Crippen molar-refractivity contribution < 1.29 is 0 Å². The molecule has 0 radical (unpaired) electrons. The van der Waals surface area contributed by atoms with Gasteiger partial charge in [-0.3, -0.25) is 0 Å². The van der Waals surface area contributed by atoms with E-state index in [0.717, 1.165) is 11.4 Å². The van der Waals surface area contributed by atoms with Crippen molar-refractivity contribution >= 4 is 32.8 Å². The summed E-state index contributed by atoms with van der Waals surface area (Å²) in [5.74, 6) is 0. The molecule has 0 spiro atoms. The fourth-order valence-corrected chi connectivity index (χ4v) is 6.10. The average Bonchev–Trinajstić information content (AvgIpc) is 3.54. The molecule has 0 unspecified atom stereocenters. The van der Waals surface area contributed by atoms with E-state index in [4.69, 9.17) is 0 Å². The second kappa shape index (κ2) is 9.14. The lowest BCUT2D eigenvalue weighted by Gasteiger charge is -2.11. The van der Waals surface area contributed by atoms with Gasteiger partial charge in [0.1, 0.15) is 0 Å². The second-order valence-corrected chi connectivity index (χ2v) is 10.2. The van der Waals surface area contributed by atoms with Crippen LogP contribution >= 0.6 is 0 Å². The van der Waals surface area contributed by atoms with E-state index in [0.29, 0.717) is 0 Å². The van der Waals surface area contributed by atoms with Crippen LogP contribution in [0, 0.1) is 0 Å². The third kappa shape index (κ3) is 3.50. The number of benzene rings is 6. The Morgan fingerprint density at radius 3 is 1.02 bits per heavy atom. The predicted octanol–water partition coefficient (Wildman–Crippen LogP) is 10.1. The van der Waals surface area contributed by atoms with Gasteiger partial charge in [-0.2, -0.15) is 0 Å². The van der Waals surface area contributed by atoms with Gasteiger partial charge in [-0.15, -0.1) is 0 Å². The molecule has 2 heterocycles. The van der Waals surface area contributed by atoms with E-state index in [2.05, 4.69) is 167 Å². The van der Waals surface area contributed by atoms with Crippen molar-refractivity contribution in [3.8, 4) is 33.6 Å². The lowest BCUT2D eigenvalue weighted by molar-refractivity contribution is 1.17. The van der Waals surface area contributed by atoms with Crippen molar-refractivity contribution in [2.75, 3.05) is 0 Å². The summed E-state index contributed by atoms with van der Waals surface area (Å²) in [6.07, 6.45) is 0. The Balaban J connectivity index is 1.57. The van der Waals surface area contributed by atoms with E-state index in [-0.39, 0.29) is 0 Å². The molecule has 0 bridgehead atoms. The zero-order chi connectivity index (χ0) is 26.5. The molecule has 0 saturated carbocycles. The van der Waals surface area contributed by atoms with Gasteiger partial charge in [0.2, 0.25) is 0 Å². The SMILES string of the molecule is c1ccc(-c2ccc3c(c2)c2c(c4cc(-c5ccccc5)ccc4n2-c2ccccc2)n3-c2ccccc2)cc1. The first-order valence-electron chi connectivity index (χ1n) is 13.7. The van der Waals surface area contributed by atoms with Crippen LogP contribution in [-0.4, -0.2) is 9.13 Å². The van der Waals surface area contributed by atoms with Crippen LogP contribution < -0.4 is 0 Å². The number of aromatic nitrogens is 2. The van der Waals surface area contributed by atoms with Gasteiger partial charge in [0.25, 0.3) is 0 Å². The van der Waals surface area contributed by atoms with Crippen molar-refractivity contribution in [2.45, 2.75) is 0 Å². The molecule has 0 aliphatic carbocycles. The molecule has 2 heteroatoms. The molecule has 0 saturated heterocycles. The molecule has 188 valence electrons. The summed E-state index contributed by atoms with van der Waals surface area (Å²) in [4.78, 5) is 0. The van der Waals surface area contributed by atoms with Gasteiger partial charge in [-0.25, -0.2) is 0 Å². The summed E-state index contributed by atoms with van der Waals surface area (Å²) in [5, 5.41) is 2.48. The Kier molecular flexibility index (Phi) is 5.17. The van der Waals surface area contributed by atoms with Crippen LogP contribution in [-0.2, 0) is 0 Å². The molecule has 0 amide bonds. The highest BCUT2D eigenvalue weighted by Gasteiger charge is 2.23. The first-order chi connectivity index (χ1) is 19.9. The van der Waals surface area contributed by atoms with Gasteiger partial charge in [0.15, 0.2) is 0 Å². The number of hydrogen-bond acceptors (Lipinski definition) is 0. The van der Waals surface area contributed by atoms with Crippen LogP contribution in [0.1, 0.15) is 0 Å².